The quantitative estimate of drug-likeness (QED) is 0.337. The lowest BCUT2D eigenvalue weighted by molar-refractivity contribution is 1.28. The van der Waals surface area contributed by atoms with E-state index in [2.05, 4.69) is 10.3 Å². The van der Waals surface area contributed by atoms with Gasteiger partial charge in [-0.3, -0.25) is 5.32 Å². The maximum Gasteiger partial charge on any atom is 0.183 e. The van der Waals surface area contributed by atoms with E-state index in [1.807, 2.05) is 18.5 Å². The standard InChI is InChI=1S/C10H8N4S/c1-15-10(13-7-12)14-9-4-2-8(6-11)3-5-9/h2-5H,1H3,(H,13,14). The SMILES string of the molecule is CSC(=Nc1ccc(C#N)cc1)NC#N. The third-order valence-corrected chi connectivity index (χ3v) is 2.16. The van der Waals surface area contributed by atoms with Crippen LogP contribution in [0.5, 0.6) is 0 Å². The van der Waals surface area contributed by atoms with Crippen LogP contribution in [0.25, 0.3) is 0 Å². The lowest BCUT2D eigenvalue weighted by Crippen LogP contribution is -2.12. The summed E-state index contributed by atoms with van der Waals surface area (Å²) in [6, 6.07) is 8.85. The number of amidine groups is 1. The van der Waals surface area contributed by atoms with Crippen molar-refractivity contribution in [1.82, 2.24) is 5.32 Å². The Labute approximate surface area is 92.2 Å². The van der Waals surface area contributed by atoms with E-state index < -0.39 is 0 Å². The minimum absolute atomic E-state index is 0.530. The van der Waals surface area contributed by atoms with Gasteiger partial charge < -0.3 is 0 Å². The van der Waals surface area contributed by atoms with Gasteiger partial charge in [-0.05, 0) is 30.5 Å². The summed E-state index contributed by atoms with van der Waals surface area (Å²) < 4.78 is 0. The Kier molecular flexibility index (Phi) is 4.21. The molecule has 1 rings (SSSR count). The number of nitrogens with one attached hydrogen (secondary N) is 1. The molecule has 4 nitrogen and oxygen atoms in total. The normalized spacial score (nSPS) is 10.2. The number of hydrogen-bond acceptors (Lipinski definition) is 4. The van der Waals surface area contributed by atoms with Crippen LogP contribution in [0.4, 0.5) is 5.69 Å². The summed E-state index contributed by atoms with van der Waals surface area (Å²) in [6.45, 7) is 0. The summed E-state index contributed by atoms with van der Waals surface area (Å²) in [7, 11) is 0. The summed E-state index contributed by atoms with van der Waals surface area (Å²) in [5.74, 6) is 0. The molecule has 0 saturated heterocycles. The summed E-state index contributed by atoms with van der Waals surface area (Å²) in [5, 5.41) is 20.0. The van der Waals surface area contributed by atoms with E-state index in [0.717, 1.165) is 0 Å². The van der Waals surface area contributed by atoms with Gasteiger partial charge in [0.1, 0.15) is 0 Å². The first-order valence-electron chi connectivity index (χ1n) is 4.08. The van der Waals surface area contributed by atoms with Crippen LogP contribution >= 0.6 is 11.8 Å². The van der Waals surface area contributed by atoms with E-state index in [9.17, 15) is 0 Å². The first kappa shape index (κ1) is 11.1. The van der Waals surface area contributed by atoms with E-state index in [1.54, 1.807) is 24.3 Å². The van der Waals surface area contributed by atoms with Crippen molar-refractivity contribution in [2.24, 2.45) is 4.99 Å². The van der Waals surface area contributed by atoms with Gasteiger partial charge >= 0.3 is 0 Å². The van der Waals surface area contributed by atoms with Gasteiger partial charge in [-0.2, -0.15) is 10.5 Å². The van der Waals surface area contributed by atoms with Gasteiger partial charge in [0.25, 0.3) is 0 Å². The van der Waals surface area contributed by atoms with E-state index in [1.165, 1.54) is 11.8 Å². The molecular formula is C10H8N4S. The predicted octanol–water partition coefficient (Wildman–Crippen LogP) is 1.98. The lowest BCUT2D eigenvalue weighted by atomic mass is 10.2. The highest BCUT2D eigenvalue weighted by atomic mass is 32.2. The number of thioether (sulfide) groups is 1. The average Bonchev–Trinajstić information content (AvgIpc) is 2.29. The molecule has 0 radical (unpaired) electrons. The maximum atomic E-state index is 8.60. The van der Waals surface area contributed by atoms with Crippen LogP contribution in [-0.2, 0) is 0 Å². The Bertz CT molecular complexity index is 436. The summed E-state index contributed by atoms with van der Waals surface area (Å²) in [5.41, 5.74) is 1.30. The van der Waals surface area contributed by atoms with Crippen LogP contribution in [0.1, 0.15) is 5.56 Å². The fourth-order valence-electron chi connectivity index (χ4n) is 0.900. The molecule has 74 valence electrons. The molecular weight excluding hydrogens is 208 g/mol. The molecule has 1 aromatic carbocycles. The second-order valence-corrected chi connectivity index (χ2v) is 3.31. The topological polar surface area (TPSA) is 72.0 Å². The Hall–Kier alpha value is -1.98. The lowest BCUT2D eigenvalue weighted by Gasteiger charge is -1.99. The highest BCUT2D eigenvalue weighted by Crippen LogP contribution is 2.14. The van der Waals surface area contributed by atoms with Crippen molar-refractivity contribution in [3.05, 3.63) is 29.8 Å². The van der Waals surface area contributed by atoms with Crippen LogP contribution in [-0.4, -0.2) is 11.4 Å². The molecule has 0 saturated carbocycles. The molecule has 0 aliphatic heterocycles. The van der Waals surface area contributed by atoms with Crippen molar-refractivity contribution in [3.8, 4) is 12.3 Å². The second-order valence-electron chi connectivity index (χ2n) is 2.52. The van der Waals surface area contributed by atoms with Gasteiger partial charge in [-0.15, -0.1) is 0 Å². The summed E-state index contributed by atoms with van der Waals surface area (Å²) in [6.07, 6.45) is 3.63. The van der Waals surface area contributed by atoms with Crippen molar-refractivity contribution in [2.75, 3.05) is 6.26 Å². The van der Waals surface area contributed by atoms with Crippen LogP contribution in [0.15, 0.2) is 29.3 Å². The van der Waals surface area contributed by atoms with Gasteiger partial charge in [-0.1, -0.05) is 11.8 Å². The molecule has 0 amide bonds. The number of hydrogen-bond donors (Lipinski definition) is 1. The van der Waals surface area contributed by atoms with Crippen LogP contribution < -0.4 is 5.32 Å². The molecule has 0 fully saturated rings. The van der Waals surface area contributed by atoms with Crippen LogP contribution in [0.3, 0.4) is 0 Å². The van der Waals surface area contributed by atoms with Crippen LogP contribution in [0, 0.1) is 22.8 Å². The molecule has 0 aromatic heterocycles. The third-order valence-electron chi connectivity index (χ3n) is 1.58. The number of rotatable bonds is 1. The maximum absolute atomic E-state index is 8.60. The monoisotopic (exact) mass is 216 g/mol. The minimum atomic E-state index is 0.530. The molecule has 0 atom stereocenters. The van der Waals surface area contributed by atoms with Crippen LogP contribution in [0.2, 0.25) is 0 Å². The average molecular weight is 216 g/mol. The Morgan fingerprint density at radius 3 is 2.47 bits per heavy atom. The molecule has 1 N–H and O–H groups in total. The smallest absolute Gasteiger partial charge is 0.183 e. The number of aliphatic imine (C=N–C) groups is 1. The van der Waals surface area contributed by atoms with E-state index in [-0.39, 0.29) is 0 Å². The molecule has 0 aliphatic carbocycles. The zero-order valence-corrected chi connectivity index (χ0v) is 8.88. The van der Waals surface area contributed by atoms with Crippen molar-refractivity contribution < 1.29 is 0 Å². The molecule has 15 heavy (non-hydrogen) atoms. The highest BCUT2D eigenvalue weighted by molar-refractivity contribution is 8.13. The Balaban J connectivity index is 2.89. The summed E-state index contributed by atoms with van der Waals surface area (Å²) >= 11 is 1.35. The Morgan fingerprint density at radius 2 is 2.00 bits per heavy atom. The highest BCUT2D eigenvalue weighted by Gasteiger charge is 1.96. The molecule has 0 unspecified atom stereocenters. The molecule has 0 aliphatic rings. The molecule has 0 heterocycles. The largest absolute Gasteiger partial charge is 0.271 e. The molecule has 1 aromatic rings. The minimum Gasteiger partial charge on any atom is -0.271 e. The number of nitriles is 2. The van der Waals surface area contributed by atoms with Crippen molar-refractivity contribution in [1.29, 1.82) is 10.5 Å². The van der Waals surface area contributed by atoms with Gasteiger partial charge in [0.2, 0.25) is 0 Å². The zero-order chi connectivity index (χ0) is 11.1. The van der Waals surface area contributed by atoms with E-state index in [0.29, 0.717) is 16.4 Å². The van der Waals surface area contributed by atoms with E-state index in [4.69, 9.17) is 10.5 Å². The number of nitrogens with zero attached hydrogens (tertiary/aromatic N) is 3. The predicted molar refractivity (Wildman–Crippen MR) is 60.5 cm³/mol. The summed E-state index contributed by atoms with van der Waals surface area (Å²) in [4.78, 5) is 4.18. The fraction of sp³-hybridized carbons (Fsp3) is 0.100. The van der Waals surface area contributed by atoms with E-state index >= 15 is 0 Å². The zero-order valence-electron chi connectivity index (χ0n) is 8.06. The third kappa shape index (κ3) is 3.34. The van der Waals surface area contributed by atoms with Gasteiger partial charge in [-0.25, -0.2) is 4.99 Å². The van der Waals surface area contributed by atoms with Gasteiger partial charge in [0.05, 0.1) is 17.3 Å². The molecule has 5 heteroatoms. The molecule has 0 spiro atoms. The first-order chi connectivity index (χ1) is 7.30. The Morgan fingerprint density at radius 1 is 1.33 bits per heavy atom. The van der Waals surface area contributed by atoms with Crippen molar-refractivity contribution in [2.45, 2.75) is 0 Å². The fourth-order valence-corrected chi connectivity index (χ4v) is 1.24. The van der Waals surface area contributed by atoms with Crippen molar-refractivity contribution >= 4 is 22.6 Å². The van der Waals surface area contributed by atoms with Gasteiger partial charge in [0, 0.05) is 0 Å². The second kappa shape index (κ2) is 5.69. The molecule has 0 bridgehead atoms. The first-order valence-corrected chi connectivity index (χ1v) is 5.30. The van der Waals surface area contributed by atoms with Gasteiger partial charge in [0.15, 0.2) is 11.4 Å². The number of benzene rings is 1. The van der Waals surface area contributed by atoms with Crippen molar-refractivity contribution in [3.63, 3.8) is 0 Å².